The Hall–Kier alpha value is -2.36. The van der Waals surface area contributed by atoms with Crippen LogP contribution in [-0.4, -0.2) is 22.2 Å². The van der Waals surface area contributed by atoms with Crippen molar-refractivity contribution in [2.45, 2.75) is 6.54 Å². The van der Waals surface area contributed by atoms with Crippen LogP contribution in [0.25, 0.3) is 22.2 Å². The van der Waals surface area contributed by atoms with Crippen molar-refractivity contribution in [1.82, 2.24) is 15.2 Å². The van der Waals surface area contributed by atoms with Crippen molar-refractivity contribution in [2.75, 3.05) is 11.9 Å². The minimum Gasteiger partial charge on any atom is -0.355 e. The minimum absolute atomic E-state index is 0.860. The van der Waals surface area contributed by atoms with E-state index >= 15 is 0 Å². The van der Waals surface area contributed by atoms with Gasteiger partial charge in [-0.3, -0.25) is 5.10 Å². The van der Waals surface area contributed by atoms with Gasteiger partial charge in [0, 0.05) is 25.4 Å². The monoisotopic (exact) mass is 236 g/mol. The number of nitrogens with zero attached hydrogens (tertiary/aromatic N) is 3. The second kappa shape index (κ2) is 3.32. The molecule has 0 aliphatic carbocycles. The molecule has 18 heavy (non-hydrogen) atoms. The Bertz CT molecular complexity index is 744. The molecule has 0 saturated heterocycles. The molecule has 1 aliphatic heterocycles. The molecule has 3 heterocycles. The van der Waals surface area contributed by atoms with Gasteiger partial charge in [-0.1, -0.05) is 24.3 Å². The summed E-state index contributed by atoms with van der Waals surface area (Å²) in [5.41, 5.74) is 4.53. The van der Waals surface area contributed by atoms with Gasteiger partial charge in [-0.15, -0.1) is 0 Å². The van der Waals surface area contributed by atoms with E-state index in [0.717, 1.165) is 29.0 Å². The normalized spacial score (nSPS) is 13.5. The highest BCUT2D eigenvalue weighted by molar-refractivity contribution is 6.02. The zero-order valence-corrected chi connectivity index (χ0v) is 10.0. The number of H-pyrrole nitrogens is 1. The Morgan fingerprint density at radius 2 is 2.11 bits per heavy atom. The average Bonchev–Trinajstić information content (AvgIpc) is 2.77. The molecule has 0 bridgehead atoms. The molecule has 3 aromatic rings. The summed E-state index contributed by atoms with van der Waals surface area (Å²) in [4.78, 5) is 6.67. The summed E-state index contributed by atoms with van der Waals surface area (Å²) in [6.45, 7) is 0.860. The number of rotatable bonds is 0. The lowest BCUT2D eigenvalue weighted by Gasteiger charge is -2.17. The molecule has 4 rings (SSSR count). The van der Waals surface area contributed by atoms with Crippen molar-refractivity contribution in [2.24, 2.45) is 0 Å². The third kappa shape index (κ3) is 1.14. The lowest BCUT2D eigenvalue weighted by atomic mass is 10.0. The first kappa shape index (κ1) is 9.65. The first-order valence-corrected chi connectivity index (χ1v) is 5.97. The molecule has 88 valence electrons. The van der Waals surface area contributed by atoms with Gasteiger partial charge < -0.3 is 4.90 Å². The minimum atomic E-state index is 0.860. The van der Waals surface area contributed by atoms with E-state index in [1.807, 2.05) is 12.3 Å². The number of aromatic amines is 1. The molecule has 0 unspecified atom stereocenters. The van der Waals surface area contributed by atoms with E-state index in [0.29, 0.717) is 0 Å². The van der Waals surface area contributed by atoms with Crippen LogP contribution < -0.4 is 4.90 Å². The van der Waals surface area contributed by atoms with E-state index in [2.05, 4.69) is 51.4 Å². The summed E-state index contributed by atoms with van der Waals surface area (Å²) in [6, 6.07) is 10.4. The smallest absolute Gasteiger partial charge is 0.140 e. The van der Waals surface area contributed by atoms with Crippen molar-refractivity contribution in [1.29, 1.82) is 0 Å². The Balaban J connectivity index is 2.17. The fourth-order valence-corrected chi connectivity index (χ4v) is 2.65. The number of nitrogens with one attached hydrogen (secondary N) is 1. The maximum atomic E-state index is 4.50. The number of fused-ring (bicyclic) bond motifs is 2. The number of benzene rings is 1. The van der Waals surface area contributed by atoms with Crippen LogP contribution in [0.5, 0.6) is 0 Å². The summed E-state index contributed by atoms with van der Waals surface area (Å²) < 4.78 is 0. The summed E-state index contributed by atoms with van der Waals surface area (Å²) in [5.74, 6) is 0.993. The second-order valence-corrected chi connectivity index (χ2v) is 4.64. The van der Waals surface area contributed by atoms with E-state index < -0.39 is 0 Å². The molecule has 0 amide bonds. The van der Waals surface area contributed by atoms with E-state index in [9.17, 15) is 0 Å². The topological polar surface area (TPSA) is 44.8 Å². The predicted molar refractivity (Wildman–Crippen MR) is 71.4 cm³/mol. The molecule has 4 nitrogen and oxygen atoms in total. The molecule has 0 spiro atoms. The number of anilines is 1. The molecule has 1 N–H and O–H groups in total. The molecule has 0 atom stereocenters. The van der Waals surface area contributed by atoms with E-state index in [1.54, 1.807) is 0 Å². The molecule has 1 aliphatic rings. The van der Waals surface area contributed by atoms with Gasteiger partial charge in [0.05, 0.1) is 10.9 Å². The summed E-state index contributed by atoms with van der Waals surface area (Å²) in [6.07, 6.45) is 1.83. The van der Waals surface area contributed by atoms with Crippen molar-refractivity contribution in [3.8, 4) is 11.3 Å². The van der Waals surface area contributed by atoms with Gasteiger partial charge >= 0.3 is 0 Å². The van der Waals surface area contributed by atoms with Gasteiger partial charge in [-0.2, -0.15) is 5.10 Å². The first-order valence-electron chi connectivity index (χ1n) is 5.97. The van der Waals surface area contributed by atoms with Crippen LogP contribution in [0.15, 0.2) is 36.5 Å². The third-order valence-corrected chi connectivity index (χ3v) is 3.50. The van der Waals surface area contributed by atoms with Crippen molar-refractivity contribution in [3.63, 3.8) is 0 Å². The number of aromatic nitrogens is 3. The molecule has 2 aromatic heterocycles. The summed E-state index contributed by atoms with van der Waals surface area (Å²) in [7, 11) is 2.07. The fraction of sp³-hybridized carbons (Fsp3) is 0.143. The average molecular weight is 236 g/mol. The molecular formula is C14H12N4. The van der Waals surface area contributed by atoms with Gasteiger partial charge in [0.1, 0.15) is 11.5 Å². The van der Waals surface area contributed by atoms with Gasteiger partial charge in [0.2, 0.25) is 0 Å². The maximum absolute atomic E-state index is 4.50. The van der Waals surface area contributed by atoms with Crippen molar-refractivity contribution in [3.05, 3.63) is 42.1 Å². The fourth-order valence-electron chi connectivity index (χ4n) is 2.65. The number of pyridine rings is 1. The van der Waals surface area contributed by atoms with Crippen molar-refractivity contribution < 1.29 is 0 Å². The maximum Gasteiger partial charge on any atom is 0.140 e. The van der Waals surface area contributed by atoms with Crippen LogP contribution in [0.1, 0.15) is 5.56 Å². The van der Waals surface area contributed by atoms with E-state index in [1.165, 1.54) is 11.1 Å². The number of hydrogen-bond donors (Lipinski definition) is 1. The summed E-state index contributed by atoms with van der Waals surface area (Å²) in [5, 5.41) is 8.68. The Kier molecular flexibility index (Phi) is 1.78. The molecule has 0 radical (unpaired) electrons. The molecular weight excluding hydrogens is 224 g/mol. The van der Waals surface area contributed by atoms with Gasteiger partial charge in [0.25, 0.3) is 0 Å². The Morgan fingerprint density at radius 3 is 3.06 bits per heavy atom. The zero-order valence-electron chi connectivity index (χ0n) is 10.0. The SMILES string of the molecule is CN1Cc2ccccc2-c2n[nH]c3ccnc1c23. The number of hydrogen-bond acceptors (Lipinski definition) is 3. The van der Waals surface area contributed by atoms with Crippen molar-refractivity contribution >= 4 is 16.7 Å². The standard InChI is InChI=1S/C14H12N4/c1-18-8-9-4-2-3-5-10(9)13-12-11(16-17-13)6-7-15-14(12)18/h2-7H,8H2,1H3,(H,16,17). The van der Waals surface area contributed by atoms with Gasteiger partial charge in [-0.25, -0.2) is 4.98 Å². The van der Waals surface area contributed by atoms with E-state index in [-0.39, 0.29) is 0 Å². The van der Waals surface area contributed by atoms with Gasteiger partial charge in [-0.05, 0) is 11.6 Å². The highest BCUT2D eigenvalue weighted by Crippen LogP contribution is 2.37. The summed E-state index contributed by atoms with van der Waals surface area (Å²) >= 11 is 0. The molecule has 4 heteroatoms. The molecule has 0 saturated carbocycles. The largest absolute Gasteiger partial charge is 0.355 e. The van der Waals surface area contributed by atoms with Crippen LogP contribution in [-0.2, 0) is 6.54 Å². The highest BCUT2D eigenvalue weighted by Gasteiger charge is 2.22. The lowest BCUT2D eigenvalue weighted by molar-refractivity contribution is 0.910. The first-order chi connectivity index (χ1) is 8.84. The predicted octanol–water partition coefficient (Wildman–Crippen LogP) is 2.57. The van der Waals surface area contributed by atoms with Crippen LogP contribution >= 0.6 is 0 Å². The third-order valence-electron chi connectivity index (χ3n) is 3.50. The Morgan fingerprint density at radius 1 is 1.22 bits per heavy atom. The highest BCUT2D eigenvalue weighted by atomic mass is 15.2. The quantitative estimate of drug-likeness (QED) is 0.652. The van der Waals surface area contributed by atoms with Crippen LogP contribution in [0.4, 0.5) is 5.82 Å². The van der Waals surface area contributed by atoms with E-state index in [4.69, 9.17) is 0 Å². The van der Waals surface area contributed by atoms with Crippen LogP contribution in [0, 0.1) is 0 Å². The zero-order chi connectivity index (χ0) is 12.1. The Labute approximate surface area is 104 Å². The lowest BCUT2D eigenvalue weighted by Crippen LogP contribution is -2.16. The second-order valence-electron chi connectivity index (χ2n) is 4.64. The molecule has 0 fully saturated rings. The van der Waals surface area contributed by atoms with Crippen LogP contribution in [0.2, 0.25) is 0 Å². The van der Waals surface area contributed by atoms with Crippen LogP contribution in [0.3, 0.4) is 0 Å². The molecule has 1 aromatic carbocycles. The van der Waals surface area contributed by atoms with Gasteiger partial charge in [0.15, 0.2) is 0 Å².